The molecule has 0 aromatic heterocycles. The van der Waals surface area contributed by atoms with Crippen LogP contribution in [0.4, 0.5) is 0 Å². The Kier molecular flexibility index (Phi) is 2.75. The first kappa shape index (κ1) is 9.55. The molecule has 1 aromatic carbocycles. The van der Waals surface area contributed by atoms with E-state index in [0.717, 1.165) is 0 Å². The molecular formula is C6H6ClO4P. The van der Waals surface area contributed by atoms with Crippen molar-refractivity contribution in [3.63, 3.8) is 0 Å². The van der Waals surface area contributed by atoms with E-state index >= 15 is 0 Å². The van der Waals surface area contributed by atoms with Gasteiger partial charge in [0.1, 0.15) is 5.75 Å². The lowest BCUT2D eigenvalue weighted by molar-refractivity contribution is 0.283. The first-order chi connectivity index (χ1) is 5.47. The average Bonchev–Trinajstić information content (AvgIpc) is 1.91. The Bertz CT molecular complexity index is 304. The lowest BCUT2D eigenvalue weighted by atomic mass is 10.3. The predicted molar refractivity (Wildman–Crippen MR) is 44.1 cm³/mol. The number of halogens is 1. The minimum Gasteiger partial charge on any atom is -0.404 e. The fourth-order valence-electron chi connectivity index (χ4n) is 0.633. The van der Waals surface area contributed by atoms with E-state index in [1.807, 2.05) is 0 Å². The minimum absolute atomic E-state index is 0.0905. The molecule has 0 fully saturated rings. The molecule has 0 spiro atoms. The zero-order chi connectivity index (χ0) is 9.19. The number of hydrogen-bond donors (Lipinski definition) is 2. The fourth-order valence-corrected chi connectivity index (χ4v) is 1.16. The lowest BCUT2D eigenvalue weighted by Crippen LogP contribution is -1.89. The van der Waals surface area contributed by atoms with E-state index in [9.17, 15) is 4.57 Å². The SMILES string of the molecule is O=P(O)(O)Oc1ccc(Cl)cc1. The highest BCUT2D eigenvalue weighted by Crippen LogP contribution is 2.37. The van der Waals surface area contributed by atoms with Gasteiger partial charge in [0, 0.05) is 5.02 Å². The minimum atomic E-state index is -4.45. The van der Waals surface area contributed by atoms with Crippen LogP contribution in [0.2, 0.25) is 5.02 Å². The fraction of sp³-hybridized carbons (Fsp3) is 0. The van der Waals surface area contributed by atoms with Crippen molar-refractivity contribution in [3.8, 4) is 5.75 Å². The third-order valence-corrected chi connectivity index (χ3v) is 1.74. The summed E-state index contributed by atoms with van der Waals surface area (Å²) in [6, 6.07) is 5.71. The molecule has 1 rings (SSSR count). The van der Waals surface area contributed by atoms with Crippen LogP contribution in [0.25, 0.3) is 0 Å². The van der Waals surface area contributed by atoms with Crippen molar-refractivity contribution >= 4 is 19.4 Å². The molecule has 0 radical (unpaired) electrons. The standard InChI is InChI=1S/C6H6ClO4P/c7-5-1-3-6(4-2-5)11-12(8,9)10/h1-4H,(H2,8,9,10). The van der Waals surface area contributed by atoms with Crippen molar-refractivity contribution in [2.24, 2.45) is 0 Å². The zero-order valence-corrected chi connectivity index (χ0v) is 7.50. The summed E-state index contributed by atoms with van der Waals surface area (Å²) in [5.74, 6) is 0.0905. The highest BCUT2D eigenvalue weighted by Gasteiger charge is 2.14. The lowest BCUT2D eigenvalue weighted by Gasteiger charge is -2.05. The van der Waals surface area contributed by atoms with Gasteiger partial charge in [-0.25, -0.2) is 4.57 Å². The van der Waals surface area contributed by atoms with Crippen LogP contribution in [-0.4, -0.2) is 9.79 Å². The molecule has 0 saturated heterocycles. The second-order valence-electron chi connectivity index (χ2n) is 2.04. The van der Waals surface area contributed by atoms with Gasteiger partial charge in [-0.15, -0.1) is 0 Å². The molecule has 1 aromatic rings. The van der Waals surface area contributed by atoms with Crippen LogP contribution in [-0.2, 0) is 4.57 Å². The number of phosphoric ester groups is 1. The van der Waals surface area contributed by atoms with E-state index in [-0.39, 0.29) is 5.75 Å². The van der Waals surface area contributed by atoms with E-state index in [2.05, 4.69) is 4.52 Å². The van der Waals surface area contributed by atoms with Gasteiger partial charge in [0.15, 0.2) is 0 Å². The molecule has 0 aliphatic heterocycles. The summed E-state index contributed by atoms with van der Waals surface area (Å²) in [6.07, 6.45) is 0. The first-order valence-electron chi connectivity index (χ1n) is 2.98. The van der Waals surface area contributed by atoms with Crippen molar-refractivity contribution in [2.75, 3.05) is 0 Å². The van der Waals surface area contributed by atoms with E-state index in [1.165, 1.54) is 24.3 Å². The maximum absolute atomic E-state index is 10.3. The predicted octanol–water partition coefficient (Wildman–Crippen LogP) is 1.81. The molecule has 12 heavy (non-hydrogen) atoms. The summed E-state index contributed by atoms with van der Waals surface area (Å²) < 4.78 is 14.6. The molecule has 0 amide bonds. The summed E-state index contributed by atoms with van der Waals surface area (Å²) in [5.41, 5.74) is 0. The highest BCUT2D eigenvalue weighted by molar-refractivity contribution is 7.46. The summed E-state index contributed by atoms with van der Waals surface area (Å²) in [7, 11) is -4.45. The second-order valence-corrected chi connectivity index (χ2v) is 3.64. The van der Waals surface area contributed by atoms with Crippen molar-refractivity contribution < 1.29 is 18.9 Å². The van der Waals surface area contributed by atoms with Gasteiger partial charge < -0.3 is 4.52 Å². The van der Waals surface area contributed by atoms with Crippen LogP contribution < -0.4 is 4.52 Å². The Morgan fingerprint density at radius 3 is 2.17 bits per heavy atom. The van der Waals surface area contributed by atoms with Crippen molar-refractivity contribution in [1.29, 1.82) is 0 Å². The smallest absolute Gasteiger partial charge is 0.404 e. The first-order valence-corrected chi connectivity index (χ1v) is 4.89. The highest BCUT2D eigenvalue weighted by atomic mass is 35.5. The van der Waals surface area contributed by atoms with E-state index in [0.29, 0.717) is 5.02 Å². The van der Waals surface area contributed by atoms with Gasteiger partial charge in [-0.05, 0) is 24.3 Å². The largest absolute Gasteiger partial charge is 0.524 e. The molecule has 0 heterocycles. The van der Waals surface area contributed by atoms with E-state index in [4.69, 9.17) is 21.4 Å². The van der Waals surface area contributed by atoms with Gasteiger partial charge in [0.25, 0.3) is 0 Å². The van der Waals surface area contributed by atoms with Gasteiger partial charge in [0.05, 0.1) is 0 Å². The Morgan fingerprint density at radius 1 is 1.25 bits per heavy atom. The molecule has 6 heteroatoms. The Morgan fingerprint density at radius 2 is 1.75 bits per heavy atom. The summed E-state index contributed by atoms with van der Waals surface area (Å²) in [6.45, 7) is 0. The van der Waals surface area contributed by atoms with Gasteiger partial charge in [-0.1, -0.05) is 11.6 Å². The molecule has 0 aliphatic rings. The van der Waals surface area contributed by atoms with Crippen LogP contribution >= 0.6 is 19.4 Å². The molecule has 2 N–H and O–H groups in total. The molecule has 0 unspecified atom stereocenters. The molecule has 0 atom stereocenters. The number of phosphoric acid groups is 1. The molecule has 4 nitrogen and oxygen atoms in total. The normalized spacial score (nSPS) is 11.2. The number of rotatable bonds is 2. The Balaban J connectivity index is 2.78. The third-order valence-electron chi connectivity index (χ3n) is 1.04. The molecule has 66 valence electrons. The number of benzene rings is 1. The van der Waals surface area contributed by atoms with Gasteiger partial charge >= 0.3 is 7.82 Å². The molecule has 0 bridgehead atoms. The monoisotopic (exact) mass is 208 g/mol. The summed E-state index contributed by atoms with van der Waals surface area (Å²) >= 11 is 5.53. The maximum Gasteiger partial charge on any atom is 0.524 e. The quantitative estimate of drug-likeness (QED) is 0.728. The van der Waals surface area contributed by atoms with Crippen LogP contribution in [0.1, 0.15) is 0 Å². The molecule has 0 aliphatic carbocycles. The van der Waals surface area contributed by atoms with E-state index in [1.54, 1.807) is 0 Å². The van der Waals surface area contributed by atoms with Gasteiger partial charge in [0.2, 0.25) is 0 Å². The van der Waals surface area contributed by atoms with Crippen molar-refractivity contribution in [2.45, 2.75) is 0 Å². The average molecular weight is 209 g/mol. The van der Waals surface area contributed by atoms with Crippen LogP contribution in [0.3, 0.4) is 0 Å². The van der Waals surface area contributed by atoms with Crippen molar-refractivity contribution in [3.05, 3.63) is 29.3 Å². The third kappa shape index (κ3) is 3.24. The van der Waals surface area contributed by atoms with Crippen LogP contribution in [0.5, 0.6) is 5.75 Å². The number of hydrogen-bond acceptors (Lipinski definition) is 2. The maximum atomic E-state index is 10.3. The van der Waals surface area contributed by atoms with Gasteiger partial charge in [-0.2, -0.15) is 0 Å². The molecule has 0 saturated carbocycles. The van der Waals surface area contributed by atoms with Crippen molar-refractivity contribution in [1.82, 2.24) is 0 Å². The zero-order valence-electron chi connectivity index (χ0n) is 5.85. The van der Waals surface area contributed by atoms with E-state index < -0.39 is 7.82 Å². The Labute approximate surface area is 74.0 Å². The summed E-state index contributed by atoms with van der Waals surface area (Å²) in [4.78, 5) is 16.8. The van der Waals surface area contributed by atoms with Gasteiger partial charge in [-0.3, -0.25) is 9.79 Å². The van der Waals surface area contributed by atoms with Crippen LogP contribution in [0.15, 0.2) is 24.3 Å². The Hall–Kier alpha value is -0.540. The topological polar surface area (TPSA) is 66.8 Å². The summed E-state index contributed by atoms with van der Waals surface area (Å²) in [5, 5.41) is 0.480. The van der Waals surface area contributed by atoms with Crippen LogP contribution in [0, 0.1) is 0 Å². The second kappa shape index (κ2) is 3.46. The molecular weight excluding hydrogens is 202 g/mol.